The van der Waals surface area contributed by atoms with Crippen LogP contribution in [0.3, 0.4) is 0 Å². The van der Waals surface area contributed by atoms with E-state index in [1.165, 1.54) is 6.42 Å². The largest absolute Gasteiger partial charge is 0.397 e. The van der Waals surface area contributed by atoms with Crippen LogP contribution in [0.2, 0.25) is 5.02 Å². The highest BCUT2D eigenvalue weighted by atomic mass is 35.5. The summed E-state index contributed by atoms with van der Waals surface area (Å²) in [6, 6.07) is 5.02. The Kier molecular flexibility index (Phi) is 8.16. The summed E-state index contributed by atoms with van der Waals surface area (Å²) in [5.41, 5.74) is 6.85. The lowest BCUT2D eigenvalue weighted by molar-refractivity contribution is -0.116. The first-order valence-corrected chi connectivity index (χ1v) is 7.79. The Morgan fingerprint density at radius 1 is 1.33 bits per heavy atom. The van der Waals surface area contributed by atoms with E-state index < -0.39 is 0 Å². The third kappa shape index (κ3) is 7.93. The molecule has 1 aromatic rings. The van der Waals surface area contributed by atoms with Crippen LogP contribution in [0.1, 0.15) is 39.5 Å². The summed E-state index contributed by atoms with van der Waals surface area (Å²) in [6.07, 6.45) is 3.36. The van der Waals surface area contributed by atoms with Gasteiger partial charge in [0.05, 0.1) is 11.4 Å². The van der Waals surface area contributed by atoms with Crippen LogP contribution < -0.4 is 11.1 Å². The number of halogens is 1. The van der Waals surface area contributed by atoms with E-state index in [0.717, 1.165) is 13.0 Å². The number of ether oxygens (including phenoxy) is 1. The molecule has 21 heavy (non-hydrogen) atoms. The van der Waals surface area contributed by atoms with E-state index in [9.17, 15) is 4.79 Å². The third-order valence-electron chi connectivity index (χ3n) is 3.05. The van der Waals surface area contributed by atoms with Gasteiger partial charge in [0, 0.05) is 24.7 Å². The molecule has 1 amide bonds. The Morgan fingerprint density at radius 3 is 2.76 bits per heavy atom. The molecule has 0 aliphatic heterocycles. The molecule has 0 aliphatic carbocycles. The molecule has 4 nitrogen and oxygen atoms in total. The van der Waals surface area contributed by atoms with E-state index in [-0.39, 0.29) is 5.91 Å². The maximum Gasteiger partial charge on any atom is 0.224 e. The van der Waals surface area contributed by atoms with Gasteiger partial charge in [-0.1, -0.05) is 25.4 Å². The van der Waals surface area contributed by atoms with E-state index in [1.807, 2.05) is 0 Å². The number of nitrogens with one attached hydrogen (secondary N) is 1. The van der Waals surface area contributed by atoms with Crippen LogP contribution in [-0.4, -0.2) is 19.1 Å². The summed E-state index contributed by atoms with van der Waals surface area (Å²) < 4.78 is 5.50. The molecular formula is C16H25ClN2O2. The van der Waals surface area contributed by atoms with Crippen LogP contribution in [0.25, 0.3) is 0 Å². The number of anilines is 2. The summed E-state index contributed by atoms with van der Waals surface area (Å²) in [5, 5.41) is 3.31. The van der Waals surface area contributed by atoms with Crippen molar-refractivity contribution in [3.8, 4) is 0 Å². The van der Waals surface area contributed by atoms with Crippen LogP contribution in [0.4, 0.5) is 11.4 Å². The highest BCUT2D eigenvalue weighted by Crippen LogP contribution is 2.23. The minimum atomic E-state index is -0.0743. The molecule has 0 aromatic heterocycles. The summed E-state index contributed by atoms with van der Waals surface area (Å²) in [4.78, 5) is 11.8. The predicted molar refractivity (Wildman–Crippen MR) is 88.6 cm³/mol. The maximum atomic E-state index is 11.8. The summed E-state index contributed by atoms with van der Waals surface area (Å²) in [7, 11) is 0. The zero-order valence-electron chi connectivity index (χ0n) is 12.8. The van der Waals surface area contributed by atoms with Gasteiger partial charge in [-0.25, -0.2) is 0 Å². The first-order chi connectivity index (χ1) is 9.99. The lowest BCUT2D eigenvalue weighted by Gasteiger charge is -2.09. The molecule has 1 aromatic carbocycles. The molecular weight excluding hydrogens is 288 g/mol. The van der Waals surface area contributed by atoms with Gasteiger partial charge in [-0.3, -0.25) is 4.79 Å². The third-order valence-corrected chi connectivity index (χ3v) is 3.29. The monoisotopic (exact) mass is 312 g/mol. The number of rotatable bonds is 9. The second-order valence-electron chi connectivity index (χ2n) is 5.53. The van der Waals surface area contributed by atoms with Gasteiger partial charge >= 0.3 is 0 Å². The first-order valence-electron chi connectivity index (χ1n) is 7.41. The van der Waals surface area contributed by atoms with E-state index in [2.05, 4.69) is 19.2 Å². The Hall–Kier alpha value is -1.26. The number of amides is 1. The van der Waals surface area contributed by atoms with Gasteiger partial charge in [-0.15, -0.1) is 0 Å². The van der Waals surface area contributed by atoms with E-state index in [1.54, 1.807) is 18.2 Å². The fraction of sp³-hybridized carbons (Fsp3) is 0.562. The van der Waals surface area contributed by atoms with Crippen LogP contribution in [0.15, 0.2) is 18.2 Å². The standard InChI is InChI=1S/C16H25ClN2O2/c1-12(2)5-3-9-21-10-4-6-16(20)19-15-11-13(17)7-8-14(15)18/h7-8,11-12H,3-6,9-10,18H2,1-2H3,(H,19,20). The Labute approximate surface area is 132 Å². The van der Waals surface area contributed by atoms with Crippen molar-refractivity contribution < 1.29 is 9.53 Å². The molecule has 0 radical (unpaired) electrons. The lowest BCUT2D eigenvalue weighted by Crippen LogP contribution is -2.13. The van der Waals surface area contributed by atoms with Crippen LogP contribution in [0, 0.1) is 5.92 Å². The molecule has 0 saturated heterocycles. The number of benzene rings is 1. The quantitative estimate of drug-likeness (QED) is 0.533. The first kappa shape index (κ1) is 17.8. The molecule has 1 rings (SSSR count). The minimum Gasteiger partial charge on any atom is -0.397 e. The summed E-state index contributed by atoms with van der Waals surface area (Å²) in [5.74, 6) is 0.636. The number of carbonyl (C=O) groups excluding carboxylic acids is 1. The number of nitrogen functional groups attached to an aromatic ring is 1. The maximum absolute atomic E-state index is 11.8. The second-order valence-corrected chi connectivity index (χ2v) is 5.97. The van der Waals surface area contributed by atoms with Crippen molar-refractivity contribution in [2.24, 2.45) is 5.92 Å². The molecule has 0 unspecified atom stereocenters. The Morgan fingerprint density at radius 2 is 2.05 bits per heavy atom. The highest BCUT2D eigenvalue weighted by molar-refractivity contribution is 6.31. The summed E-state index contributed by atoms with van der Waals surface area (Å²) >= 11 is 5.87. The molecule has 0 spiro atoms. The SMILES string of the molecule is CC(C)CCCOCCCC(=O)Nc1cc(Cl)ccc1N. The number of nitrogens with two attached hydrogens (primary N) is 1. The van der Waals surface area contributed by atoms with Gasteiger partial charge in [0.1, 0.15) is 0 Å². The van der Waals surface area contributed by atoms with Gasteiger partial charge in [0.15, 0.2) is 0 Å². The smallest absolute Gasteiger partial charge is 0.224 e. The molecule has 5 heteroatoms. The van der Waals surface area contributed by atoms with E-state index in [4.69, 9.17) is 22.1 Å². The zero-order valence-corrected chi connectivity index (χ0v) is 13.6. The van der Waals surface area contributed by atoms with Gasteiger partial charge in [-0.2, -0.15) is 0 Å². The fourth-order valence-corrected chi connectivity index (χ4v) is 2.05. The van der Waals surface area contributed by atoms with Crippen LogP contribution >= 0.6 is 11.6 Å². The predicted octanol–water partition coefficient (Wildman–Crippen LogP) is 4.09. The van der Waals surface area contributed by atoms with Crippen molar-refractivity contribution in [1.82, 2.24) is 0 Å². The minimum absolute atomic E-state index is 0.0743. The van der Waals surface area contributed by atoms with Crippen molar-refractivity contribution in [3.63, 3.8) is 0 Å². The highest BCUT2D eigenvalue weighted by Gasteiger charge is 2.06. The second kappa shape index (κ2) is 9.64. The van der Waals surface area contributed by atoms with Gasteiger partial charge in [-0.05, 0) is 43.4 Å². The average Bonchev–Trinajstić information content (AvgIpc) is 2.41. The lowest BCUT2D eigenvalue weighted by atomic mass is 10.1. The average molecular weight is 313 g/mol. The number of hydrogen-bond acceptors (Lipinski definition) is 3. The number of carbonyl (C=O) groups is 1. The van der Waals surface area contributed by atoms with Crippen molar-refractivity contribution in [1.29, 1.82) is 0 Å². The number of hydrogen-bond donors (Lipinski definition) is 2. The van der Waals surface area contributed by atoms with Crippen molar-refractivity contribution in [2.75, 3.05) is 24.3 Å². The van der Waals surface area contributed by atoms with Gasteiger partial charge in [0.2, 0.25) is 5.91 Å². The molecule has 0 bridgehead atoms. The van der Waals surface area contributed by atoms with E-state index >= 15 is 0 Å². The molecule has 118 valence electrons. The topological polar surface area (TPSA) is 64.3 Å². The van der Waals surface area contributed by atoms with Crippen LogP contribution in [0.5, 0.6) is 0 Å². The molecule has 0 saturated carbocycles. The normalized spacial score (nSPS) is 10.9. The van der Waals surface area contributed by atoms with Crippen LogP contribution in [-0.2, 0) is 9.53 Å². The Bertz CT molecular complexity index is 450. The molecule has 0 aliphatic rings. The molecule has 0 heterocycles. The molecule has 0 fully saturated rings. The van der Waals surface area contributed by atoms with Crippen molar-refractivity contribution >= 4 is 28.9 Å². The summed E-state index contributed by atoms with van der Waals surface area (Å²) in [6.45, 7) is 5.77. The van der Waals surface area contributed by atoms with Gasteiger partial charge < -0.3 is 15.8 Å². The van der Waals surface area contributed by atoms with Gasteiger partial charge in [0.25, 0.3) is 0 Å². The van der Waals surface area contributed by atoms with Crippen molar-refractivity contribution in [3.05, 3.63) is 23.2 Å². The fourth-order valence-electron chi connectivity index (χ4n) is 1.88. The van der Waals surface area contributed by atoms with E-state index in [0.29, 0.717) is 41.8 Å². The Balaban J connectivity index is 2.15. The molecule has 3 N–H and O–H groups in total. The van der Waals surface area contributed by atoms with Crippen molar-refractivity contribution in [2.45, 2.75) is 39.5 Å². The zero-order chi connectivity index (χ0) is 15.7. The molecule has 0 atom stereocenters.